The van der Waals surface area contributed by atoms with E-state index < -0.39 is 0 Å². The fourth-order valence-electron chi connectivity index (χ4n) is 5.96. The van der Waals surface area contributed by atoms with Gasteiger partial charge >= 0.3 is 0 Å². The van der Waals surface area contributed by atoms with Gasteiger partial charge in [0.2, 0.25) is 0 Å². The van der Waals surface area contributed by atoms with Crippen LogP contribution < -0.4 is 4.74 Å². The Morgan fingerprint density at radius 1 is 0.864 bits per heavy atom. The van der Waals surface area contributed by atoms with Crippen molar-refractivity contribution in [2.75, 3.05) is 6.61 Å². The van der Waals surface area contributed by atoms with E-state index >= 15 is 0 Å². The lowest BCUT2D eigenvalue weighted by Crippen LogP contribution is -2.52. The van der Waals surface area contributed by atoms with Crippen molar-refractivity contribution in [2.24, 2.45) is 11.3 Å². The van der Waals surface area contributed by atoms with E-state index in [1.807, 2.05) is 0 Å². The minimum atomic E-state index is 0.340. The number of para-hydroxylation sites is 1. The second-order valence-electron chi connectivity index (χ2n) is 8.26. The zero-order chi connectivity index (χ0) is 15.0. The molecule has 1 heterocycles. The summed E-state index contributed by atoms with van der Waals surface area (Å²) >= 11 is 0. The molecule has 1 aromatic rings. The fraction of sp³-hybridized carbons (Fsp3) is 0.714. The fourth-order valence-corrected chi connectivity index (χ4v) is 5.96. The summed E-state index contributed by atoms with van der Waals surface area (Å²) in [5.74, 6) is 1.88. The Labute approximate surface area is 135 Å². The molecule has 22 heavy (non-hydrogen) atoms. The van der Waals surface area contributed by atoms with E-state index in [4.69, 9.17) is 4.74 Å². The van der Waals surface area contributed by atoms with E-state index in [1.54, 1.807) is 0 Å². The first-order valence-corrected chi connectivity index (χ1v) is 9.47. The summed E-state index contributed by atoms with van der Waals surface area (Å²) in [6.45, 7) is 3.49. The predicted molar refractivity (Wildman–Crippen MR) is 91.4 cm³/mol. The lowest BCUT2D eigenvalue weighted by molar-refractivity contribution is -0.0395. The number of fused-ring (bicyclic) bond motifs is 4. The zero-order valence-electron chi connectivity index (χ0n) is 14.1. The summed E-state index contributed by atoms with van der Waals surface area (Å²) in [6, 6.07) is 8.84. The molecule has 1 aromatic carbocycles. The molecule has 0 aromatic heterocycles. The van der Waals surface area contributed by atoms with Gasteiger partial charge in [0.05, 0.1) is 6.61 Å². The van der Waals surface area contributed by atoms with Gasteiger partial charge in [0.1, 0.15) is 5.75 Å². The molecule has 2 fully saturated rings. The molecule has 0 bridgehead atoms. The van der Waals surface area contributed by atoms with E-state index in [0.717, 1.165) is 18.3 Å². The normalized spacial score (nSPS) is 34.0. The second-order valence-corrected chi connectivity index (χ2v) is 8.26. The smallest absolute Gasteiger partial charge is 0.123 e. The molecule has 1 heteroatoms. The highest BCUT2D eigenvalue weighted by Gasteiger charge is 2.54. The maximum absolute atomic E-state index is 6.26. The molecule has 4 rings (SSSR count). The molecule has 1 nitrogen and oxygen atoms in total. The van der Waals surface area contributed by atoms with Crippen LogP contribution in [0, 0.1) is 11.3 Å². The van der Waals surface area contributed by atoms with Crippen molar-refractivity contribution in [1.82, 2.24) is 0 Å². The molecule has 2 aliphatic carbocycles. The van der Waals surface area contributed by atoms with Gasteiger partial charge in [0.25, 0.3) is 0 Å². The highest BCUT2D eigenvalue weighted by Crippen LogP contribution is 2.60. The molecule has 0 N–H and O–H groups in total. The minimum Gasteiger partial charge on any atom is -0.493 e. The number of benzene rings is 1. The van der Waals surface area contributed by atoms with E-state index in [9.17, 15) is 0 Å². The molecule has 1 aliphatic heterocycles. The maximum atomic E-state index is 6.26. The second kappa shape index (κ2) is 5.58. The number of ether oxygens (including phenoxy) is 1. The molecule has 2 atom stereocenters. The van der Waals surface area contributed by atoms with Gasteiger partial charge in [-0.05, 0) is 37.2 Å². The third-order valence-electron chi connectivity index (χ3n) is 7.14. The number of hydrogen-bond donors (Lipinski definition) is 0. The first kappa shape index (κ1) is 14.6. The summed E-state index contributed by atoms with van der Waals surface area (Å²) < 4.78 is 6.26. The van der Waals surface area contributed by atoms with E-state index in [1.165, 1.54) is 69.8 Å². The van der Waals surface area contributed by atoms with Gasteiger partial charge in [-0.1, -0.05) is 63.6 Å². The lowest BCUT2D eigenvalue weighted by Gasteiger charge is -2.56. The van der Waals surface area contributed by atoms with Gasteiger partial charge in [-0.15, -0.1) is 0 Å². The van der Waals surface area contributed by atoms with E-state index in [2.05, 4.69) is 31.2 Å². The first-order chi connectivity index (χ1) is 10.7. The monoisotopic (exact) mass is 298 g/mol. The van der Waals surface area contributed by atoms with Crippen LogP contribution in [0.5, 0.6) is 5.75 Å². The van der Waals surface area contributed by atoms with Crippen LogP contribution in [-0.4, -0.2) is 6.61 Å². The first-order valence-electron chi connectivity index (χ1n) is 9.47. The van der Waals surface area contributed by atoms with Crippen molar-refractivity contribution in [3.8, 4) is 5.75 Å². The Morgan fingerprint density at radius 3 is 2.36 bits per heavy atom. The van der Waals surface area contributed by atoms with Crippen LogP contribution in [0.1, 0.15) is 76.7 Å². The summed E-state index contributed by atoms with van der Waals surface area (Å²) in [5.41, 5.74) is 2.39. The molecule has 1 spiro atoms. The average molecular weight is 298 g/mol. The minimum absolute atomic E-state index is 0.340. The summed E-state index contributed by atoms with van der Waals surface area (Å²) in [5, 5.41) is 0. The van der Waals surface area contributed by atoms with Gasteiger partial charge in [0, 0.05) is 16.9 Å². The molecule has 3 aliphatic rings. The van der Waals surface area contributed by atoms with Crippen LogP contribution in [0.15, 0.2) is 24.3 Å². The van der Waals surface area contributed by atoms with Crippen LogP contribution in [0.2, 0.25) is 0 Å². The van der Waals surface area contributed by atoms with Crippen LogP contribution in [0.4, 0.5) is 0 Å². The standard InChI is InChI=1S/C21H30O/c1-20-12-9-15-21(13-7-3-2-4-8-14-21)19(20)16-22-18-11-6-5-10-17(18)20/h5-6,10-11,19H,2-4,7-9,12-16H2,1H3/t19-,20+/m1/s1. The van der Waals surface area contributed by atoms with Crippen molar-refractivity contribution in [3.05, 3.63) is 29.8 Å². The largest absolute Gasteiger partial charge is 0.493 e. The van der Waals surface area contributed by atoms with Crippen molar-refractivity contribution in [2.45, 2.75) is 76.5 Å². The Balaban J connectivity index is 1.72. The molecular weight excluding hydrogens is 268 g/mol. The van der Waals surface area contributed by atoms with Gasteiger partial charge in [0.15, 0.2) is 0 Å². The van der Waals surface area contributed by atoms with Crippen molar-refractivity contribution in [3.63, 3.8) is 0 Å². The molecular formula is C21H30O. The van der Waals surface area contributed by atoms with Gasteiger partial charge in [-0.25, -0.2) is 0 Å². The maximum Gasteiger partial charge on any atom is 0.123 e. The summed E-state index contributed by atoms with van der Waals surface area (Å²) in [4.78, 5) is 0. The molecule has 0 radical (unpaired) electrons. The lowest BCUT2D eigenvalue weighted by atomic mass is 9.50. The highest BCUT2D eigenvalue weighted by atomic mass is 16.5. The van der Waals surface area contributed by atoms with Crippen LogP contribution in [-0.2, 0) is 5.41 Å². The van der Waals surface area contributed by atoms with Crippen LogP contribution in [0.25, 0.3) is 0 Å². The predicted octanol–water partition coefficient (Wildman–Crippen LogP) is 5.87. The average Bonchev–Trinajstić information content (AvgIpc) is 2.51. The molecule has 0 amide bonds. The number of hydrogen-bond acceptors (Lipinski definition) is 1. The molecule has 120 valence electrons. The van der Waals surface area contributed by atoms with Gasteiger partial charge < -0.3 is 4.74 Å². The van der Waals surface area contributed by atoms with Crippen molar-refractivity contribution in [1.29, 1.82) is 0 Å². The Morgan fingerprint density at radius 2 is 1.55 bits per heavy atom. The van der Waals surface area contributed by atoms with Gasteiger partial charge in [-0.2, -0.15) is 0 Å². The Hall–Kier alpha value is -0.980. The summed E-state index contributed by atoms with van der Waals surface area (Å²) in [6.07, 6.45) is 14.3. The Kier molecular flexibility index (Phi) is 3.71. The van der Waals surface area contributed by atoms with Crippen molar-refractivity contribution >= 4 is 0 Å². The molecule has 0 saturated heterocycles. The third kappa shape index (κ3) is 2.20. The topological polar surface area (TPSA) is 9.23 Å². The molecule has 0 unspecified atom stereocenters. The third-order valence-corrected chi connectivity index (χ3v) is 7.14. The van der Waals surface area contributed by atoms with Gasteiger partial charge in [-0.3, -0.25) is 0 Å². The van der Waals surface area contributed by atoms with Crippen molar-refractivity contribution < 1.29 is 4.74 Å². The zero-order valence-corrected chi connectivity index (χ0v) is 14.1. The number of rotatable bonds is 0. The molecule has 2 saturated carbocycles. The Bertz CT molecular complexity index is 526. The highest BCUT2D eigenvalue weighted by molar-refractivity contribution is 5.42. The quantitative estimate of drug-likeness (QED) is 0.582. The SMILES string of the molecule is C[C@@]12CCCC3(CCCCCCC3)[C@@H]1COc1ccccc12. The van der Waals surface area contributed by atoms with Crippen LogP contribution >= 0.6 is 0 Å². The van der Waals surface area contributed by atoms with Crippen LogP contribution in [0.3, 0.4) is 0 Å². The summed E-state index contributed by atoms with van der Waals surface area (Å²) in [7, 11) is 0. The van der Waals surface area contributed by atoms with E-state index in [0.29, 0.717) is 10.8 Å². The van der Waals surface area contributed by atoms with E-state index in [-0.39, 0.29) is 0 Å².